The first-order valence-electron chi connectivity index (χ1n) is 10.9. The van der Waals surface area contributed by atoms with Crippen LogP contribution in [0.3, 0.4) is 0 Å². The van der Waals surface area contributed by atoms with Crippen LogP contribution in [0.5, 0.6) is 0 Å². The maximum Gasteiger partial charge on any atom is 0.0737 e. The molecule has 0 N–H and O–H groups in total. The molecule has 5 aliphatic heterocycles. The van der Waals surface area contributed by atoms with E-state index in [1.165, 1.54) is 5.56 Å². The second-order valence-electron chi connectivity index (χ2n) is 8.13. The highest BCUT2D eigenvalue weighted by molar-refractivity contribution is 6.32. The van der Waals surface area contributed by atoms with E-state index in [0.29, 0.717) is 0 Å². The highest BCUT2D eigenvalue weighted by Gasteiger charge is 2.18. The first-order valence-corrected chi connectivity index (χ1v) is 10.9. The molecule has 156 valence electrons. The fraction of sp³-hybridized carbons (Fsp3) is 0.0345. The molecule has 0 aromatic heterocycles. The van der Waals surface area contributed by atoms with Gasteiger partial charge in [0.2, 0.25) is 0 Å². The number of hydrogen-bond donors (Lipinski definition) is 0. The van der Waals surface area contributed by atoms with E-state index in [1.54, 1.807) is 0 Å². The molecule has 0 unspecified atom stereocenters. The second kappa shape index (κ2) is 7.92. The Morgan fingerprint density at radius 1 is 0.576 bits per heavy atom. The molecule has 0 fully saturated rings. The lowest BCUT2D eigenvalue weighted by atomic mass is 9.99. The molecule has 8 bridgehead atoms. The Kier molecular flexibility index (Phi) is 4.62. The summed E-state index contributed by atoms with van der Waals surface area (Å²) in [6.45, 7) is 3.83. The predicted molar refractivity (Wildman–Crippen MR) is 138 cm³/mol. The molecule has 0 atom stereocenters. The lowest BCUT2D eigenvalue weighted by Gasteiger charge is -2.05. The van der Waals surface area contributed by atoms with Gasteiger partial charge in [-0.05, 0) is 84.4 Å². The number of nitrogens with zero attached hydrogens (tertiary/aromatic N) is 4. The lowest BCUT2D eigenvalue weighted by Crippen LogP contribution is -1.96. The van der Waals surface area contributed by atoms with Gasteiger partial charge in [0.15, 0.2) is 0 Å². The molecule has 5 heterocycles. The Bertz CT molecular complexity index is 1450. The summed E-state index contributed by atoms with van der Waals surface area (Å²) in [6, 6.07) is 8.57. The van der Waals surface area contributed by atoms with Crippen molar-refractivity contribution in [2.45, 2.75) is 6.42 Å². The van der Waals surface area contributed by atoms with Crippen LogP contribution in [0.15, 0.2) is 147 Å². The molecule has 0 aliphatic carbocycles. The van der Waals surface area contributed by atoms with Crippen LogP contribution in [0.1, 0.15) is 11.1 Å². The average molecular weight is 425 g/mol. The molecule has 1 aromatic rings. The average Bonchev–Trinajstić information content (AvgIpc) is 3.60. The molecular weight excluding hydrogens is 404 g/mol. The molecule has 0 saturated carbocycles. The van der Waals surface area contributed by atoms with E-state index in [2.05, 4.69) is 41.9 Å². The van der Waals surface area contributed by atoms with Crippen molar-refractivity contribution >= 4 is 28.4 Å². The molecule has 4 nitrogen and oxygen atoms in total. The van der Waals surface area contributed by atoms with E-state index in [0.717, 1.165) is 63.2 Å². The quantitative estimate of drug-likeness (QED) is 0.548. The van der Waals surface area contributed by atoms with Crippen molar-refractivity contribution in [3.63, 3.8) is 0 Å². The topological polar surface area (TPSA) is 49.4 Å². The number of allylic oxidation sites excluding steroid dienone is 13. The van der Waals surface area contributed by atoms with Gasteiger partial charge >= 0.3 is 0 Å². The van der Waals surface area contributed by atoms with Crippen LogP contribution in [-0.4, -0.2) is 22.8 Å². The smallest absolute Gasteiger partial charge is 0.0737 e. The first-order chi connectivity index (χ1) is 16.2. The largest absolute Gasteiger partial charge is 0.249 e. The third-order valence-electron chi connectivity index (χ3n) is 5.68. The molecule has 4 heteroatoms. The minimum absolute atomic E-state index is 0.857. The molecule has 5 aliphatic rings. The first kappa shape index (κ1) is 19.3. The van der Waals surface area contributed by atoms with Crippen LogP contribution >= 0.6 is 0 Å². The van der Waals surface area contributed by atoms with Gasteiger partial charge in [-0.3, -0.25) is 0 Å². The Hall–Kier alpha value is -4.44. The van der Waals surface area contributed by atoms with Gasteiger partial charge in [-0.15, -0.1) is 6.58 Å². The van der Waals surface area contributed by atoms with Crippen LogP contribution in [0.25, 0.3) is 5.57 Å². The van der Waals surface area contributed by atoms with E-state index in [4.69, 9.17) is 15.0 Å². The molecule has 1 aromatic carbocycles. The number of benzene rings is 1. The zero-order valence-corrected chi connectivity index (χ0v) is 17.9. The highest BCUT2D eigenvalue weighted by Crippen LogP contribution is 2.29. The summed E-state index contributed by atoms with van der Waals surface area (Å²) >= 11 is 0. The van der Waals surface area contributed by atoms with E-state index < -0.39 is 0 Å². The van der Waals surface area contributed by atoms with Crippen LogP contribution < -0.4 is 0 Å². The summed E-state index contributed by atoms with van der Waals surface area (Å²) < 4.78 is 0. The van der Waals surface area contributed by atoms with Gasteiger partial charge in [-0.2, -0.15) is 0 Å². The zero-order chi connectivity index (χ0) is 22.2. The van der Waals surface area contributed by atoms with Crippen molar-refractivity contribution in [2.24, 2.45) is 20.0 Å². The fourth-order valence-electron chi connectivity index (χ4n) is 4.12. The number of hydrogen-bond acceptors (Lipinski definition) is 4. The van der Waals surface area contributed by atoms with Crippen molar-refractivity contribution in [1.82, 2.24) is 0 Å². The van der Waals surface area contributed by atoms with Crippen LogP contribution in [-0.2, 0) is 6.42 Å². The zero-order valence-electron chi connectivity index (χ0n) is 17.9. The third-order valence-corrected chi connectivity index (χ3v) is 5.68. The van der Waals surface area contributed by atoms with Gasteiger partial charge in [-0.1, -0.05) is 30.3 Å². The monoisotopic (exact) mass is 424 g/mol. The Morgan fingerprint density at radius 3 is 1.70 bits per heavy atom. The fourth-order valence-corrected chi connectivity index (χ4v) is 4.12. The molecule has 0 radical (unpaired) electrons. The molecule has 6 rings (SSSR count). The maximum atomic E-state index is 4.91. The number of rotatable bonds is 3. The maximum absolute atomic E-state index is 4.91. The van der Waals surface area contributed by atoms with Crippen molar-refractivity contribution < 1.29 is 0 Å². The van der Waals surface area contributed by atoms with Crippen molar-refractivity contribution in [1.29, 1.82) is 0 Å². The van der Waals surface area contributed by atoms with E-state index in [1.807, 2.05) is 66.8 Å². The van der Waals surface area contributed by atoms with Gasteiger partial charge in [0, 0.05) is 5.57 Å². The molecule has 0 saturated heterocycles. The number of aliphatic imine (C=N–C) groups is 4. The predicted octanol–water partition coefficient (Wildman–Crippen LogP) is 5.83. The summed E-state index contributed by atoms with van der Waals surface area (Å²) in [5.74, 6) is 0. The molecule has 33 heavy (non-hydrogen) atoms. The van der Waals surface area contributed by atoms with Crippen molar-refractivity contribution in [3.8, 4) is 0 Å². The van der Waals surface area contributed by atoms with Crippen molar-refractivity contribution in [3.05, 3.63) is 138 Å². The van der Waals surface area contributed by atoms with Gasteiger partial charge in [-0.25, -0.2) is 20.0 Å². The standard InChI is InChI=1S/C29H20N4/c1-2-3-19-4-6-20(7-5-19)28-17-27-16-25-11-10-23(31-25)14-21-8-9-22(30-21)15-24-12-13-26(32-24)18-29(28)33-27/h2,4-18H,1,3H2. The Morgan fingerprint density at radius 2 is 1.12 bits per heavy atom. The molecule has 0 spiro atoms. The summed E-state index contributed by atoms with van der Waals surface area (Å²) in [7, 11) is 0. The van der Waals surface area contributed by atoms with Gasteiger partial charge < -0.3 is 0 Å². The minimum Gasteiger partial charge on any atom is -0.249 e. The van der Waals surface area contributed by atoms with Gasteiger partial charge in [0.05, 0.1) is 45.6 Å². The van der Waals surface area contributed by atoms with E-state index >= 15 is 0 Å². The third kappa shape index (κ3) is 3.94. The molecule has 0 amide bonds. The van der Waals surface area contributed by atoms with E-state index in [-0.39, 0.29) is 0 Å². The number of fused-ring (bicyclic) bond motifs is 4. The van der Waals surface area contributed by atoms with Gasteiger partial charge in [0.25, 0.3) is 0 Å². The lowest BCUT2D eigenvalue weighted by molar-refractivity contribution is 1.27. The second-order valence-corrected chi connectivity index (χ2v) is 8.13. The highest BCUT2D eigenvalue weighted by atomic mass is 14.8. The SMILES string of the molecule is C=CCc1ccc(C2=CC3=CC4=NC(=CC5=NC(=CC6=NC(=CC2=N3)C=C6)C=C5)C=C4)cc1. The van der Waals surface area contributed by atoms with E-state index in [9.17, 15) is 0 Å². The van der Waals surface area contributed by atoms with Gasteiger partial charge in [0.1, 0.15) is 0 Å². The van der Waals surface area contributed by atoms with Crippen LogP contribution in [0, 0.1) is 0 Å². The molecular formula is C29H20N4. The Balaban J connectivity index is 1.46. The van der Waals surface area contributed by atoms with Crippen LogP contribution in [0.2, 0.25) is 0 Å². The van der Waals surface area contributed by atoms with Crippen LogP contribution in [0.4, 0.5) is 0 Å². The normalized spacial score (nSPS) is 19.8. The summed E-state index contributed by atoms with van der Waals surface area (Å²) in [5, 5.41) is 0. The van der Waals surface area contributed by atoms with Crippen molar-refractivity contribution in [2.75, 3.05) is 0 Å². The summed E-state index contributed by atoms with van der Waals surface area (Å²) in [4.78, 5) is 19.1. The minimum atomic E-state index is 0.857. The summed E-state index contributed by atoms with van der Waals surface area (Å²) in [6.07, 6.45) is 24.9. The Labute approximate surface area is 192 Å². The summed E-state index contributed by atoms with van der Waals surface area (Å²) in [5.41, 5.74) is 10.5.